The maximum absolute atomic E-state index is 11.6. The normalized spacial score (nSPS) is 11.8. The minimum Gasteiger partial charge on any atom is -0.480 e. The fourth-order valence-electron chi connectivity index (χ4n) is 1.08. The zero-order valence-corrected chi connectivity index (χ0v) is 10.0. The lowest BCUT2D eigenvalue weighted by Crippen LogP contribution is -2.43. The Balaban J connectivity index is 2.74. The molecular formula is C9H9ClN2O4S. The molecule has 0 aliphatic rings. The third-order valence-electron chi connectivity index (χ3n) is 1.83. The molecule has 1 aromatic rings. The summed E-state index contributed by atoms with van der Waals surface area (Å²) in [6.45, 7) is 0. The molecule has 1 aromatic heterocycles. The van der Waals surface area contributed by atoms with Crippen molar-refractivity contribution in [2.45, 2.75) is 12.5 Å². The van der Waals surface area contributed by atoms with E-state index in [9.17, 15) is 14.4 Å². The van der Waals surface area contributed by atoms with E-state index >= 15 is 0 Å². The lowest BCUT2D eigenvalue weighted by Gasteiger charge is -2.11. The van der Waals surface area contributed by atoms with Crippen molar-refractivity contribution in [1.29, 1.82) is 0 Å². The number of rotatable bonds is 5. The van der Waals surface area contributed by atoms with Crippen molar-refractivity contribution in [2.75, 3.05) is 0 Å². The van der Waals surface area contributed by atoms with Gasteiger partial charge in [0.25, 0.3) is 5.91 Å². The molecule has 1 heterocycles. The summed E-state index contributed by atoms with van der Waals surface area (Å²) in [4.78, 5) is 33.2. The standard InChI is InChI=1S/C9H9ClN2O4S/c10-4-1-2-17-7(4)8(14)12-5(9(15)16)3-6(11)13/h1-2,5H,3H2,(H2,11,13)(H,12,14)(H,15,16)/t5-/m0/s1. The summed E-state index contributed by atoms with van der Waals surface area (Å²) in [6, 6.07) is 0.170. The van der Waals surface area contributed by atoms with Crippen LogP contribution < -0.4 is 11.1 Å². The topological polar surface area (TPSA) is 109 Å². The smallest absolute Gasteiger partial charge is 0.326 e. The molecule has 1 atom stereocenters. The highest BCUT2D eigenvalue weighted by molar-refractivity contribution is 7.12. The first-order chi connectivity index (χ1) is 7.91. The minimum absolute atomic E-state index is 0.197. The zero-order chi connectivity index (χ0) is 13.0. The van der Waals surface area contributed by atoms with Crippen LogP contribution in [0.25, 0.3) is 0 Å². The number of hydrogen-bond acceptors (Lipinski definition) is 4. The highest BCUT2D eigenvalue weighted by Gasteiger charge is 2.24. The third kappa shape index (κ3) is 3.72. The molecule has 0 bridgehead atoms. The molecule has 0 aliphatic heterocycles. The molecule has 0 radical (unpaired) electrons. The summed E-state index contributed by atoms with van der Waals surface area (Å²) in [5.41, 5.74) is 4.88. The van der Waals surface area contributed by atoms with E-state index in [2.05, 4.69) is 5.32 Å². The van der Waals surface area contributed by atoms with Crippen LogP contribution in [-0.4, -0.2) is 28.9 Å². The number of primary amides is 1. The van der Waals surface area contributed by atoms with Gasteiger partial charge < -0.3 is 16.2 Å². The van der Waals surface area contributed by atoms with Gasteiger partial charge >= 0.3 is 5.97 Å². The van der Waals surface area contributed by atoms with Gasteiger partial charge in [0.05, 0.1) is 11.4 Å². The SMILES string of the molecule is NC(=O)C[C@H](NC(=O)c1sccc1Cl)C(=O)O. The number of halogens is 1. The highest BCUT2D eigenvalue weighted by atomic mass is 35.5. The molecule has 4 N–H and O–H groups in total. The van der Waals surface area contributed by atoms with E-state index in [0.717, 1.165) is 11.3 Å². The number of amides is 2. The van der Waals surface area contributed by atoms with Gasteiger partial charge in [-0.25, -0.2) is 4.79 Å². The Bertz CT molecular complexity index is 460. The molecule has 17 heavy (non-hydrogen) atoms. The number of carboxylic acids is 1. The summed E-state index contributed by atoms with van der Waals surface area (Å²) in [5.74, 6) is -2.78. The molecule has 0 unspecified atom stereocenters. The van der Waals surface area contributed by atoms with Crippen LogP contribution in [0.2, 0.25) is 5.02 Å². The molecule has 8 heteroatoms. The average molecular weight is 277 g/mol. The molecular weight excluding hydrogens is 268 g/mol. The van der Waals surface area contributed by atoms with E-state index < -0.39 is 30.2 Å². The molecule has 0 aliphatic carbocycles. The molecule has 0 saturated carbocycles. The van der Waals surface area contributed by atoms with Gasteiger partial charge in [0, 0.05) is 0 Å². The number of carbonyl (C=O) groups is 3. The van der Waals surface area contributed by atoms with Crippen molar-refractivity contribution < 1.29 is 19.5 Å². The number of nitrogens with one attached hydrogen (secondary N) is 1. The summed E-state index contributed by atoms with van der Waals surface area (Å²) in [7, 11) is 0. The molecule has 92 valence electrons. The fourth-order valence-corrected chi connectivity index (χ4v) is 2.12. The van der Waals surface area contributed by atoms with Gasteiger partial charge in [0.1, 0.15) is 10.9 Å². The molecule has 0 saturated heterocycles. The lowest BCUT2D eigenvalue weighted by molar-refractivity contribution is -0.140. The van der Waals surface area contributed by atoms with Gasteiger partial charge in [-0.2, -0.15) is 0 Å². The molecule has 1 rings (SSSR count). The number of hydrogen-bond donors (Lipinski definition) is 3. The van der Waals surface area contributed by atoms with Crippen LogP contribution in [0.3, 0.4) is 0 Å². The van der Waals surface area contributed by atoms with Crippen molar-refractivity contribution in [2.24, 2.45) is 5.73 Å². The third-order valence-corrected chi connectivity index (χ3v) is 3.17. The van der Waals surface area contributed by atoms with Crippen molar-refractivity contribution >= 4 is 40.7 Å². The molecule has 6 nitrogen and oxygen atoms in total. The van der Waals surface area contributed by atoms with Crippen LogP contribution in [0.1, 0.15) is 16.1 Å². The van der Waals surface area contributed by atoms with E-state index in [-0.39, 0.29) is 9.90 Å². The fraction of sp³-hybridized carbons (Fsp3) is 0.222. The maximum atomic E-state index is 11.6. The number of carboxylic acid groups (broad SMARTS) is 1. The van der Waals surface area contributed by atoms with Gasteiger partial charge in [0.15, 0.2) is 0 Å². The Labute approximate surface area is 105 Å². The first-order valence-corrected chi connectivity index (χ1v) is 5.72. The number of nitrogens with two attached hydrogens (primary N) is 1. The second kappa shape index (κ2) is 5.65. The van der Waals surface area contributed by atoms with Crippen LogP contribution in [0.4, 0.5) is 0 Å². The Morgan fingerprint density at radius 2 is 2.18 bits per heavy atom. The van der Waals surface area contributed by atoms with Gasteiger partial charge in [-0.15, -0.1) is 11.3 Å². The Morgan fingerprint density at radius 3 is 2.59 bits per heavy atom. The van der Waals surface area contributed by atoms with Gasteiger partial charge in [0.2, 0.25) is 5.91 Å². The second-order valence-corrected chi connectivity index (χ2v) is 4.46. The Kier molecular flexibility index (Phi) is 4.47. The minimum atomic E-state index is -1.35. The van der Waals surface area contributed by atoms with Crippen molar-refractivity contribution in [3.63, 3.8) is 0 Å². The van der Waals surface area contributed by atoms with E-state index in [4.69, 9.17) is 22.4 Å². The first-order valence-electron chi connectivity index (χ1n) is 4.46. The molecule has 0 spiro atoms. The second-order valence-electron chi connectivity index (χ2n) is 3.13. The average Bonchev–Trinajstić information content (AvgIpc) is 2.62. The Morgan fingerprint density at radius 1 is 1.53 bits per heavy atom. The van der Waals surface area contributed by atoms with Crippen molar-refractivity contribution in [3.05, 3.63) is 21.3 Å². The summed E-state index contributed by atoms with van der Waals surface area (Å²) in [6.07, 6.45) is -0.468. The molecule has 2 amide bonds. The largest absolute Gasteiger partial charge is 0.480 e. The number of carbonyl (C=O) groups excluding carboxylic acids is 2. The van der Waals surface area contributed by atoms with Crippen LogP contribution >= 0.6 is 22.9 Å². The zero-order valence-electron chi connectivity index (χ0n) is 8.47. The van der Waals surface area contributed by atoms with E-state index in [1.165, 1.54) is 6.07 Å². The maximum Gasteiger partial charge on any atom is 0.326 e. The summed E-state index contributed by atoms with van der Waals surface area (Å²) in [5, 5.41) is 12.8. The van der Waals surface area contributed by atoms with Gasteiger partial charge in [-0.05, 0) is 11.4 Å². The van der Waals surface area contributed by atoms with Crippen LogP contribution in [0.15, 0.2) is 11.4 Å². The highest BCUT2D eigenvalue weighted by Crippen LogP contribution is 2.21. The predicted molar refractivity (Wildman–Crippen MR) is 62.0 cm³/mol. The lowest BCUT2D eigenvalue weighted by atomic mass is 10.2. The van der Waals surface area contributed by atoms with Crippen molar-refractivity contribution in [1.82, 2.24) is 5.32 Å². The first kappa shape index (κ1) is 13.5. The number of thiophene rings is 1. The van der Waals surface area contributed by atoms with Gasteiger partial charge in [-0.3, -0.25) is 9.59 Å². The van der Waals surface area contributed by atoms with Crippen molar-refractivity contribution in [3.8, 4) is 0 Å². The van der Waals surface area contributed by atoms with E-state index in [1.54, 1.807) is 5.38 Å². The van der Waals surface area contributed by atoms with Gasteiger partial charge in [-0.1, -0.05) is 11.6 Å². The summed E-state index contributed by atoms with van der Waals surface area (Å²) >= 11 is 6.79. The number of aliphatic carboxylic acids is 1. The predicted octanol–water partition coefficient (Wildman–Crippen LogP) is 0.460. The van der Waals surface area contributed by atoms with Crippen LogP contribution in [0.5, 0.6) is 0 Å². The van der Waals surface area contributed by atoms with E-state index in [1.807, 2.05) is 0 Å². The summed E-state index contributed by atoms with van der Waals surface area (Å²) < 4.78 is 0. The van der Waals surface area contributed by atoms with Crippen LogP contribution in [0, 0.1) is 0 Å². The van der Waals surface area contributed by atoms with Crippen LogP contribution in [-0.2, 0) is 9.59 Å². The molecule has 0 fully saturated rings. The quantitative estimate of drug-likeness (QED) is 0.726. The monoisotopic (exact) mass is 276 g/mol. The van der Waals surface area contributed by atoms with E-state index in [0.29, 0.717) is 0 Å². The molecule has 0 aromatic carbocycles. The Hall–Kier alpha value is -1.60.